The summed E-state index contributed by atoms with van der Waals surface area (Å²) >= 11 is 0. The fraction of sp³-hybridized carbons (Fsp3) is 0. The average molecular weight is 224 g/mol. The van der Waals surface area contributed by atoms with Crippen LogP contribution in [0.3, 0.4) is 0 Å². The Bertz CT molecular complexity index is 375. The van der Waals surface area contributed by atoms with E-state index in [1.807, 2.05) is 0 Å². The van der Waals surface area contributed by atoms with Crippen molar-refractivity contribution >= 4 is 67.5 Å². The molecule has 0 fully saturated rings. The van der Waals surface area contributed by atoms with Gasteiger partial charge in [0.05, 0.1) is 5.69 Å². The molecule has 0 saturated carbocycles. The van der Waals surface area contributed by atoms with Gasteiger partial charge in [-0.3, -0.25) is 4.98 Å². The van der Waals surface area contributed by atoms with E-state index in [0.29, 0.717) is 5.69 Å². The Labute approximate surface area is 120 Å². The fourth-order valence-corrected chi connectivity index (χ4v) is 0.968. The van der Waals surface area contributed by atoms with Crippen LogP contribution in [0.2, 0.25) is 0 Å². The van der Waals surface area contributed by atoms with E-state index in [9.17, 15) is 8.42 Å². The molecule has 0 radical (unpaired) electrons. The quantitative estimate of drug-likeness (QED) is 0.700. The van der Waals surface area contributed by atoms with Gasteiger partial charge in [-0.15, -0.1) is 0 Å². The molecule has 2 N–H and O–H groups in total. The van der Waals surface area contributed by atoms with E-state index in [1.54, 1.807) is 24.4 Å². The van der Waals surface area contributed by atoms with Crippen LogP contribution in [0.5, 0.6) is 0 Å². The Kier molecular flexibility index (Phi) is 6.22. The predicted octanol–water partition coefficient (Wildman–Crippen LogP) is -0.308. The van der Waals surface area contributed by atoms with E-state index < -0.39 is 10.0 Å². The number of aromatic nitrogens is 1. The molecular formula is C7H9KN2O2S. The standard InChI is InChI=1S/C7H8N2O2S.K.H/c8-12(10,11)6-4-7-3-1-2-5-9-7;;/h1-6H,(H2,8,10,11);;. The van der Waals surface area contributed by atoms with Crippen LogP contribution in [0.25, 0.3) is 6.08 Å². The van der Waals surface area contributed by atoms with Gasteiger partial charge in [-0.1, -0.05) is 6.07 Å². The minimum atomic E-state index is -3.54. The van der Waals surface area contributed by atoms with E-state index in [2.05, 4.69) is 4.98 Å². The molecule has 0 amide bonds. The van der Waals surface area contributed by atoms with Gasteiger partial charge < -0.3 is 0 Å². The molecule has 1 rings (SSSR count). The predicted molar refractivity (Wildman–Crippen MR) is 53.5 cm³/mol. The second-order valence-electron chi connectivity index (χ2n) is 2.15. The summed E-state index contributed by atoms with van der Waals surface area (Å²) in [6, 6.07) is 5.19. The third-order valence-corrected chi connectivity index (χ3v) is 1.63. The molecule has 0 aliphatic carbocycles. The average Bonchev–Trinajstić information content (AvgIpc) is 2.02. The van der Waals surface area contributed by atoms with Gasteiger partial charge in [0.1, 0.15) is 0 Å². The monoisotopic (exact) mass is 224 g/mol. The molecule has 1 aromatic heterocycles. The van der Waals surface area contributed by atoms with Crippen LogP contribution in [0, 0.1) is 0 Å². The number of primary sulfonamides is 1. The molecule has 0 aliphatic heterocycles. The van der Waals surface area contributed by atoms with Gasteiger partial charge in [-0.05, 0) is 18.2 Å². The Morgan fingerprint density at radius 1 is 1.38 bits per heavy atom. The van der Waals surface area contributed by atoms with Crippen molar-refractivity contribution in [3.63, 3.8) is 0 Å². The van der Waals surface area contributed by atoms with Crippen LogP contribution in [-0.2, 0) is 10.0 Å². The number of hydrogen-bond acceptors (Lipinski definition) is 3. The van der Waals surface area contributed by atoms with Gasteiger partial charge in [0.15, 0.2) is 0 Å². The summed E-state index contributed by atoms with van der Waals surface area (Å²) in [4.78, 5) is 3.88. The van der Waals surface area contributed by atoms with Crippen molar-refractivity contribution in [2.45, 2.75) is 0 Å². The van der Waals surface area contributed by atoms with Crippen molar-refractivity contribution in [3.05, 3.63) is 35.5 Å². The summed E-state index contributed by atoms with van der Waals surface area (Å²) in [6.45, 7) is 0. The number of sulfonamides is 1. The van der Waals surface area contributed by atoms with Gasteiger partial charge in [-0.2, -0.15) is 0 Å². The molecule has 0 saturated heterocycles. The van der Waals surface area contributed by atoms with Crippen LogP contribution in [0.15, 0.2) is 29.8 Å². The van der Waals surface area contributed by atoms with Crippen molar-refractivity contribution in [1.82, 2.24) is 4.98 Å². The third kappa shape index (κ3) is 6.50. The van der Waals surface area contributed by atoms with Crippen LogP contribution in [-0.4, -0.2) is 64.8 Å². The first-order valence-electron chi connectivity index (χ1n) is 3.20. The molecule has 0 unspecified atom stereocenters. The summed E-state index contributed by atoms with van der Waals surface area (Å²) in [5.74, 6) is 0. The molecule has 0 spiro atoms. The fourth-order valence-electron chi connectivity index (χ4n) is 0.639. The Hall–Kier alpha value is 0.436. The van der Waals surface area contributed by atoms with Crippen LogP contribution in [0.4, 0.5) is 0 Å². The molecule has 13 heavy (non-hydrogen) atoms. The number of hydrogen-bond donors (Lipinski definition) is 1. The number of nitrogens with two attached hydrogens (primary N) is 1. The van der Waals surface area contributed by atoms with Crippen LogP contribution in [0.1, 0.15) is 5.69 Å². The topological polar surface area (TPSA) is 73.1 Å². The molecule has 0 atom stereocenters. The third-order valence-electron chi connectivity index (χ3n) is 1.12. The Balaban J connectivity index is 0.00000144. The van der Waals surface area contributed by atoms with Crippen molar-refractivity contribution in [2.75, 3.05) is 0 Å². The van der Waals surface area contributed by atoms with Gasteiger partial charge in [0.25, 0.3) is 0 Å². The van der Waals surface area contributed by atoms with Crippen LogP contribution < -0.4 is 5.14 Å². The summed E-state index contributed by atoms with van der Waals surface area (Å²) < 4.78 is 20.9. The second kappa shape index (κ2) is 6.02. The van der Waals surface area contributed by atoms with E-state index in [0.717, 1.165) is 5.41 Å². The molecule has 0 aliphatic rings. The van der Waals surface area contributed by atoms with Crippen molar-refractivity contribution in [2.24, 2.45) is 5.14 Å². The molecule has 66 valence electrons. The van der Waals surface area contributed by atoms with Gasteiger partial charge in [0.2, 0.25) is 10.0 Å². The maximum atomic E-state index is 10.5. The van der Waals surface area contributed by atoms with E-state index in [1.165, 1.54) is 6.08 Å². The van der Waals surface area contributed by atoms with Crippen molar-refractivity contribution in [3.8, 4) is 0 Å². The number of pyridine rings is 1. The first-order chi connectivity index (χ1) is 5.58. The Morgan fingerprint density at radius 3 is 2.54 bits per heavy atom. The summed E-state index contributed by atoms with van der Waals surface area (Å²) in [5.41, 5.74) is 0.562. The summed E-state index contributed by atoms with van der Waals surface area (Å²) in [5, 5.41) is 5.65. The van der Waals surface area contributed by atoms with Crippen LogP contribution >= 0.6 is 0 Å². The first-order valence-corrected chi connectivity index (χ1v) is 4.81. The van der Waals surface area contributed by atoms with Crippen molar-refractivity contribution < 1.29 is 8.42 Å². The Morgan fingerprint density at radius 2 is 2.08 bits per heavy atom. The molecule has 0 bridgehead atoms. The zero-order valence-corrected chi connectivity index (χ0v) is 7.03. The second-order valence-corrected chi connectivity index (χ2v) is 3.60. The minimum absolute atomic E-state index is 0. The number of nitrogens with zero attached hydrogens (tertiary/aromatic N) is 1. The van der Waals surface area contributed by atoms with E-state index >= 15 is 0 Å². The molecule has 6 heteroatoms. The van der Waals surface area contributed by atoms with E-state index in [4.69, 9.17) is 5.14 Å². The normalized spacial score (nSPS) is 11.2. The zero-order valence-electron chi connectivity index (χ0n) is 6.21. The van der Waals surface area contributed by atoms with Gasteiger partial charge in [0, 0.05) is 11.6 Å². The molecule has 4 nitrogen and oxygen atoms in total. The molecule has 1 heterocycles. The molecule has 0 aromatic carbocycles. The molecule has 1 aromatic rings. The van der Waals surface area contributed by atoms with Gasteiger partial charge in [-0.25, -0.2) is 13.6 Å². The van der Waals surface area contributed by atoms with E-state index in [-0.39, 0.29) is 51.4 Å². The van der Waals surface area contributed by atoms with Gasteiger partial charge >= 0.3 is 51.4 Å². The maximum absolute atomic E-state index is 10.5. The van der Waals surface area contributed by atoms with Crippen molar-refractivity contribution in [1.29, 1.82) is 0 Å². The number of rotatable bonds is 2. The SMILES string of the molecule is NS(=O)(=O)C=Cc1ccccn1.[KH]. The summed E-state index contributed by atoms with van der Waals surface area (Å²) in [6.07, 6.45) is 2.91. The zero-order chi connectivity index (χ0) is 9.03. The first kappa shape index (κ1) is 13.4. The summed E-state index contributed by atoms with van der Waals surface area (Å²) in [7, 11) is -3.54. The molecular weight excluding hydrogens is 215 g/mol.